The predicted octanol–water partition coefficient (Wildman–Crippen LogP) is 5.31. The second-order valence-corrected chi connectivity index (χ2v) is 6.26. The third-order valence-electron chi connectivity index (χ3n) is 4.50. The van der Waals surface area contributed by atoms with Gasteiger partial charge in [-0.1, -0.05) is 43.5 Å². The molecule has 1 aliphatic rings. The molecule has 0 saturated heterocycles. The van der Waals surface area contributed by atoms with Gasteiger partial charge in [-0.15, -0.1) is 0 Å². The van der Waals surface area contributed by atoms with Gasteiger partial charge in [-0.2, -0.15) is 0 Å². The summed E-state index contributed by atoms with van der Waals surface area (Å²) in [4.78, 5) is 12.5. The summed E-state index contributed by atoms with van der Waals surface area (Å²) in [6, 6.07) is 10.3. The molecule has 4 heteroatoms. The smallest absolute Gasteiger partial charge is 0.165 e. The van der Waals surface area contributed by atoms with Crippen LogP contribution in [0.15, 0.2) is 42.5 Å². The molecular formula is C20H20F2O2. The van der Waals surface area contributed by atoms with Crippen molar-refractivity contribution in [2.24, 2.45) is 5.92 Å². The van der Waals surface area contributed by atoms with Crippen LogP contribution >= 0.6 is 0 Å². The van der Waals surface area contributed by atoms with Crippen molar-refractivity contribution in [3.05, 3.63) is 65.2 Å². The average Bonchev–Trinajstić information content (AvgIpc) is 2.63. The van der Waals surface area contributed by atoms with Crippen molar-refractivity contribution in [2.45, 2.75) is 38.7 Å². The quantitative estimate of drug-likeness (QED) is 0.695. The molecule has 1 saturated carbocycles. The van der Waals surface area contributed by atoms with Gasteiger partial charge >= 0.3 is 0 Å². The summed E-state index contributed by atoms with van der Waals surface area (Å²) in [5.74, 6) is -0.904. The Balaban J connectivity index is 1.62. The number of hydrogen-bond acceptors (Lipinski definition) is 2. The van der Waals surface area contributed by atoms with E-state index in [0.29, 0.717) is 5.56 Å². The number of ether oxygens (including phenoxy) is 1. The average molecular weight is 330 g/mol. The summed E-state index contributed by atoms with van der Waals surface area (Å²) >= 11 is 0. The van der Waals surface area contributed by atoms with E-state index in [1.165, 1.54) is 6.42 Å². The lowest BCUT2D eigenvalue weighted by atomic mass is 9.84. The molecule has 1 fully saturated rings. The maximum atomic E-state index is 13.5. The van der Waals surface area contributed by atoms with E-state index in [1.807, 2.05) is 0 Å². The number of carbonyl (C=O) groups is 1. The summed E-state index contributed by atoms with van der Waals surface area (Å²) in [5.41, 5.74) is 1.52. The Bertz CT molecular complexity index is 704. The van der Waals surface area contributed by atoms with Crippen molar-refractivity contribution in [1.82, 2.24) is 0 Å². The molecular weight excluding hydrogens is 310 g/mol. The van der Waals surface area contributed by atoms with Crippen LogP contribution in [-0.2, 0) is 6.61 Å². The first-order chi connectivity index (χ1) is 11.6. The van der Waals surface area contributed by atoms with Gasteiger partial charge in [-0.05, 0) is 30.5 Å². The summed E-state index contributed by atoms with van der Waals surface area (Å²) in [7, 11) is 0. The minimum absolute atomic E-state index is 0.114. The maximum Gasteiger partial charge on any atom is 0.165 e. The minimum atomic E-state index is -0.597. The highest BCUT2D eigenvalue weighted by Gasteiger charge is 2.22. The molecule has 0 amide bonds. The first kappa shape index (κ1) is 16.6. The Morgan fingerprint density at radius 1 is 1.00 bits per heavy atom. The van der Waals surface area contributed by atoms with Crippen LogP contribution in [0.1, 0.15) is 48.0 Å². The normalized spacial score (nSPS) is 15.2. The monoisotopic (exact) mass is 330 g/mol. The topological polar surface area (TPSA) is 26.3 Å². The Hall–Kier alpha value is -2.23. The van der Waals surface area contributed by atoms with Gasteiger partial charge in [-0.3, -0.25) is 4.79 Å². The summed E-state index contributed by atoms with van der Waals surface area (Å²) in [6.45, 7) is 0.123. The third-order valence-corrected chi connectivity index (χ3v) is 4.50. The largest absolute Gasteiger partial charge is 0.486 e. The molecule has 0 aromatic heterocycles. The molecule has 2 aromatic rings. The number of hydrogen-bond donors (Lipinski definition) is 0. The van der Waals surface area contributed by atoms with Crippen molar-refractivity contribution in [3.63, 3.8) is 0 Å². The van der Waals surface area contributed by atoms with Gasteiger partial charge in [0.25, 0.3) is 0 Å². The molecule has 2 aromatic carbocycles. The van der Waals surface area contributed by atoms with E-state index in [2.05, 4.69) is 0 Å². The zero-order valence-electron chi connectivity index (χ0n) is 13.4. The van der Waals surface area contributed by atoms with Gasteiger partial charge in [-0.25, -0.2) is 8.78 Å². The second-order valence-electron chi connectivity index (χ2n) is 6.26. The zero-order valence-corrected chi connectivity index (χ0v) is 13.4. The lowest BCUT2D eigenvalue weighted by Gasteiger charge is -2.20. The maximum absolute atomic E-state index is 13.5. The number of halogens is 2. The van der Waals surface area contributed by atoms with Crippen molar-refractivity contribution < 1.29 is 18.3 Å². The van der Waals surface area contributed by atoms with Crippen LogP contribution in [0.5, 0.6) is 5.75 Å². The lowest BCUT2D eigenvalue weighted by molar-refractivity contribution is 0.0889. The van der Waals surface area contributed by atoms with Crippen molar-refractivity contribution in [3.8, 4) is 5.75 Å². The highest BCUT2D eigenvalue weighted by molar-refractivity contribution is 5.97. The van der Waals surface area contributed by atoms with Crippen molar-refractivity contribution in [1.29, 1.82) is 0 Å². The molecule has 3 rings (SSSR count). The first-order valence-corrected chi connectivity index (χ1v) is 8.34. The minimum Gasteiger partial charge on any atom is -0.486 e. The lowest BCUT2D eigenvalue weighted by Crippen LogP contribution is -2.17. The molecule has 0 bridgehead atoms. The van der Waals surface area contributed by atoms with E-state index in [4.69, 9.17) is 4.74 Å². The zero-order chi connectivity index (χ0) is 16.9. The van der Waals surface area contributed by atoms with Crippen molar-refractivity contribution >= 4 is 5.78 Å². The Labute approximate surface area is 140 Å². The molecule has 0 spiro atoms. The van der Waals surface area contributed by atoms with Crippen molar-refractivity contribution in [2.75, 3.05) is 0 Å². The second kappa shape index (κ2) is 7.56. The fourth-order valence-electron chi connectivity index (χ4n) is 3.11. The van der Waals surface area contributed by atoms with Gasteiger partial charge in [0.2, 0.25) is 0 Å². The Morgan fingerprint density at radius 2 is 1.71 bits per heavy atom. The number of Topliss-reactive ketones (excluding diaryl/α,β-unsaturated/α-hetero) is 1. The Morgan fingerprint density at radius 3 is 2.42 bits per heavy atom. The summed E-state index contributed by atoms with van der Waals surface area (Å²) < 4.78 is 31.9. The van der Waals surface area contributed by atoms with E-state index >= 15 is 0 Å². The number of rotatable bonds is 5. The molecule has 24 heavy (non-hydrogen) atoms. The van der Waals surface area contributed by atoms with Crippen LogP contribution in [-0.4, -0.2) is 5.78 Å². The van der Waals surface area contributed by atoms with Crippen LogP contribution in [0.25, 0.3) is 0 Å². The molecule has 0 unspecified atom stereocenters. The summed E-state index contributed by atoms with van der Waals surface area (Å²) in [6.07, 6.45) is 5.42. The van der Waals surface area contributed by atoms with E-state index in [1.54, 1.807) is 24.3 Å². The molecule has 0 heterocycles. The van der Waals surface area contributed by atoms with Crippen LogP contribution < -0.4 is 4.74 Å². The number of ketones is 1. The van der Waals surface area contributed by atoms with Gasteiger partial charge in [0.1, 0.15) is 12.4 Å². The fourth-order valence-corrected chi connectivity index (χ4v) is 3.11. The van der Waals surface area contributed by atoms with E-state index in [9.17, 15) is 13.6 Å². The van der Waals surface area contributed by atoms with Crippen LogP contribution in [0.4, 0.5) is 8.78 Å². The molecule has 0 atom stereocenters. The summed E-state index contributed by atoms with van der Waals surface area (Å²) in [5, 5.41) is 0. The molecule has 0 radical (unpaired) electrons. The standard InChI is InChI=1S/C20H20F2O2/c21-17-10-11-18(22)19(12-17)24-13-14-6-8-16(9-7-14)20(23)15-4-2-1-3-5-15/h6-12,15H,1-5,13H2. The van der Waals surface area contributed by atoms with Crippen LogP contribution in [0, 0.1) is 17.6 Å². The van der Waals surface area contributed by atoms with Crippen LogP contribution in [0.2, 0.25) is 0 Å². The van der Waals surface area contributed by atoms with E-state index < -0.39 is 11.6 Å². The number of benzene rings is 2. The van der Waals surface area contributed by atoms with E-state index in [-0.39, 0.29) is 24.1 Å². The predicted molar refractivity (Wildman–Crippen MR) is 88.0 cm³/mol. The van der Waals surface area contributed by atoms with Gasteiger partial charge < -0.3 is 4.74 Å². The molecule has 0 N–H and O–H groups in total. The van der Waals surface area contributed by atoms with Gasteiger partial charge in [0.15, 0.2) is 17.3 Å². The molecule has 0 aliphatic heterocycles. The molecule has 126 valence electrons. The van der Waals surface area contributed by atoms with E-state index in [0.717, 1.165) is 49.4 Å². The highest BCUT2D eigenvalue weighted by Crippen LogP contribution is 2.27. The van der Waals surface area contributed by atoms with Gasteiger partial charge in [0, 0.05) is 17.5 Å². The SMILES string of the molecule is O=C(c1ccc(COc2cc(F)ccc2F)cc1)C1CCCCC1. The van der Waals surface area contributed by atoms with Gasteiger partial charge in [0.05, 0.1) is 0 Å². The highest BCUT2D eigenvalue weighted by atomic mass is 19.1. The Kier molecular flexibility index (Phi) is 5.24. The fraction of sp³-hybridized carbons (Fsp3) is 0.350. The number of carbonyl (C=O) groups excluding carboxylic acids is 1. The van der Waals surface area contributed by atoms with Crippen LogP contribution in [0.3, 0.4) is 0 Å². The molecule has 2 nitrogen and oxygen atoms in total. The first-order valence-electron chi connectivity index (χ1n) is 8.34. The molecule has 1 aliphatic carbocycles. The third kappa shape index (κ3) is 3.99.